The van der Waals surface area contributed by atoms with E-state index in [1.165, 1.54) is 318 Å². The average molecular weight is 1400 g/mol. The Balaban J connectivity index is 1.20. The molecule has 6 heterocycles. The topological polar surface area (TPSA) is 40.6 Å². The Kier molecular flexibility index (Phi) is 36.7. The van der Waals surface area contributed by atoms with Crippen LogP contribution in [-0.2, 0) is 22.4 Å². The van der Waals surface area contributed by atoms with Gasteiger partial charge >= 0.3 is 0 Å². The summed E-state index contributed by atoms with van der Waals surface area (Å²) in [7, 11) is 0. The molecular weight excluding hydrogens is 1270 g/mol. The first kappa shape index (κ1) is 79.6. The van der Waals surface area contributed by atoms with Gasteiger partial charge in [-0.25, -0.2) is 0 Å². The smallest absolute Gasteiger partial charge is 0.259 e. The Hall–Kier alpha value is -4.08. The van der Waals surface area contributed by atoms with E-state index in [4.69, 9.17) is 0 Å². The minimum Gasteiger partial charge on any atom is -0.307 e. The maximum Gasteiger partial charge on any atom is 0.259 e. The molecule has 8 rings (SSSR count). The molecule has 4 aromatic heterocycles. The lowest BCUT2D eigenvalue weighted by atomic mass is 9.93. The van der Waals surface area contributed by atoms with Crippen molar-refractivity contribution in [3.05, 3.63) is 105 Å². The number of hydrogen-bond acceptors (Lipinski definition) is 6. The number of amides is 2. The van der Waals surface area contributed by atoms with E-state index >= 15 is 9.59 Å². The van der Waals surface area contributed by atoms with Crippen molar-refractivity contribution >= 4 is 79.7 Å². The number of carbonyl (C=O) groups is 2. The third-order valence-electron chi connectivity index (χ3n) is 21.7. The van der Waals surface area contributed by atoms with Crippen LogP contribution in [0.15, 0.2) is 72.8 Å². The van der Waals surface area contributed by atoms with Crippen LogP contribution < -0.4 is 9.80 Å². The van der Waals surface area contributed by atoms with Crippen LogP contribution in [-0.4, -0.2) is 24.9 Å². The first-order valence-corrected chi connectivity index (χ1v) is 44.4. The normalized spacial score (nSPS) is 14.4. The third kappa shape index (κ3) is 24.6. The molecule has 0 fully saturated rings. The summed E-state index contributed by atoms with van der Waals surface area (Å²) >= 11 is 7.73. The second-order valence-electron chi connectivity index (χ2n) is 30.2. The monoisotopic (exact) mass is 1400 g/mol. The number of fused-ring (bicyclic) bond motifs is 2. The molecule has 0 saturated carbocycles. The van der Waals surface area contributed by atoms with E-state index in [0.29, 0.717) is 36.1 Å². The highest BCUT2D eigenvalue weighted by Gasteiger charge is 2.43. The number of nitrogens with zero attached hydrogens (tertiary/aromatic N) is 2. The first-order chi connectivity index (χ1) is 48.1. The molecule has 0 N–H and O–H groups in total. The van der Waals surface area contributed by atoms with Crippen molar-refractivity contribution in [2.24, 2.45) is 11.8 Å². The minimum atomic E-state index is 0.0235. The number of thiophene rings is 4. The first-order valence-electron chi connectivity index (χ1n) is 41.2. The van der Waals surface area contributed by atoms with Crippen molar-refractivity contribution in [1.29, 1.82) is 0 Å². The fourth-order valence-corrected chi connectivity index (χ4v) is 20.2. The molecule has 2 unspecified atom stereocenters. The Labute approximate surface area is 615 Å². The van der Waals surface area contributed by atoms with Gasteiger partial charge in [0, 0.05) is 63.2 Å². The van der Waals surface area contributed by atoms with Gasteiger partial charge < -0.3 is 9.80 Å². The van der Waals surface area contributed by atoms with E-state index in [1.54, 1.807) is 0 Å². The zero-order valence-electron chi connectivity index (χ0n) is 63.4. The van der Waals surface area contributed by atoms with E-state index in [9.17, 15) is 0 Å². The largest absolute Gasteiger partial charge is 0.307 e. The van der Waals surface area contributed by atoms with Crippen LogP contribution in [0.1, 0.15) is 356 Å². The van der Waals surface area contributed by atoms with Crippen molar-refractivity contribution in [3.63, 3.8) is 0 Å². The van der Waals surface area contributed by atoms with Gasteiger partial charge in [-0.1, -0.05) is 310 Å². The van der Waals surface area contributed by atoms with Gasteiger partial charge in [-0.15, -0.1) is 45.3 Å². The van der Waals surface area contributed by atoms with Gasteiger partial charge in [0.2, 0.25) is 0 Å². The van der Waals surface area contributed by atoms with E-state index in [1.807, 2.05) is 45.3 Å². The van der Waals surface area contributed by atoms with Gasteiger partial charge in [0.1, 0.15) is 0 Å². The Morgan fingerprint density at radius 2 is 0.592 bits per heavy atom. The average Bonchev–Trinajstić information content (AvgIpc) is 1.57. The standard InChI is InChI=1S/C90H134N2O2S4/c1-9-15-21-27-31-33-35-37-41-47-53-75-65-83(97-87(75)81-61-55-69(7)95-81)73-57-59-77-79(63-73)91(67-71(49-43-25-19-13-5)51-45-39-29-23-17-11-3)89(93)85(77)86-78-60-58-74(64-80(78)92(90(86)94)68-72(50-44-26-20-14-6)52-46-40-30-24-18-12-4)84-66-76(88(98-84)82-62-56-70(8)96-82)54-48-42-38-36-34-32-28-22-16-10-2/h55-66,71-72H,9-54,67-68H2,1-8H3. The third-order valence-corrected chi connectivity index (χ3v) is 26.6. The molecule has 0 radical (unpaired) electrons. The van der Waals surface area contributed by atoms with Crippen LogP contribution in [0, 0.1) is 25.7 Å². The molecule has 2 atom stereocenters. The summed E-state index contributed by atoms with van der Waals surface area (Å²) in [6.45, 7) is 19.7. The summed E-state index contributed by atoms with van der Waals surface area (Å²) in [6.07, 6.45) is 58.5. The molecule has 2 aliphatic heterocycles. The van der Waals surface area contributed by atoms with Gasteiger partial charge in [0.05, 0.1) is 22.5 Å². The highest BCUT2D eigenvalue weighted by atomic mass is 32.1. The molecule has 0 spiro atoms. The number of aryl methyl sites for hydroxylation is 4. The molecule has 0 saturated heterocycles. The number of unbranched alkanes of at least 4 members (excludes halogenated alkanes) is 34. The highest BCUT2D eigenvalue weighted by Crippen LogP contribution is 2.52. The Morgan fingerprint density at radius 3 is 0.888 bits per heavy atom. The molecule has 2 aliphatic rings. The van der Waals surface area contributed by atoms with Crippen LogP contribution >= 0.6 is 45.3 Å². The predicted molar refractivity (Wildman–Crippen MR) is 439 cm³/mol. The number of anilines is 2. The molecule has 0 aliphatic carbocycles. The van der Waals surface area contributed by atoms with E-state index in [2.05, 4.69) is 138 Å². The number of benzene rings is 2. The molecule has 0 bridgehead atoms. The van der Waals surface area contributed by atoms with Crippen LogP contribution in [0.2, 0.25) is 0 Å². The minimum absolute atomic E-state index is 0.0235. The van der Waals surface area contributed by atoms with Crippen LogP contribution in [0.25, 0.3) is 51.5 Å². The van der Waals surface area contributed by atoms with Gasteiger partial charge in [0.25, 0.3) is 11.8 Å². The Bertz CT molecular complexity index is 3060. The summed E-state index contributed by atoms with van der Waals surface area (Å²) in [5, 5.41) is 0. The molecular formula is C90H134N2O2S4. The molecule has 8 heteroatoms. The van der Waals surface area contributed by atoms with Crippen LogP contribution in [0.5, 0.6) is 0 Å². The van der Waals surface area contributed by atoms with E-state index < -0.39 is 0 Å². The highest BCUT2D eigenvalue weighted by molar-refractivity contribution is 7.24. The molecule has 2 amide bonds. The Morgan fingerprint density at radius 1 is 0.306 bits per heavy atom. The number of hydrogen-bond donors (Lipinski definition) is 0. The quantitative estimate of drug-likeness (QED) is 0.0282. The second kappa shape index (κ2) is 45.1. The van der Waals surface area contributed by atoms with Gasteiger partial charge in [-0.3, -0.25) is 9.59 Å². The van der Waals surface area contributed by atoms with E-state index in [-0.39, 0.29) is 11.8 Å². The molecule has 6 aromatic rings. The van der Waals surface area contributed by atoms with Crippen LogP contribution in [0.3, 0.4) is 0 Å². The van der Waals surface area contributed by atoms with Gasteiger partial charge in [-0.2, -0.15) is 0 Å². The predicted octanol–water partition coefficient (Wildman–Crippen LogP) is 30.4. The SMILES string of the molecule is CCCCCCCCCCCCc1cc(-c2ccc3c(c2)N(CC(CCCCCC)CCCCCCCC)C(=O)C3=C2C(=O)N(CC(CCCCCC)CCCCCCCC)c3cc(-c4cc(CCCCCCCCCCCC)c(-c5ccc(C)s5)s4)ccc32)sc1-c1ccc(C)s1. The molecule has 540 valence electrons. The fraction of sp³-hybridized carbons (Fsp3) is 0.644. The zero-order chi connectivity index (χ0) is 69.1. The second-order valence-corrected chi connectivity index (χ2v) is 34.9. The maximum atomic E-state index is 16.4. The van der Waals surface area contributed by atoms with Gasteiger partial charge in [0.15, 0.2) is 0 Å². The number of rotatable bonds is 54. The van der Waals surface area contributed by atoms with E-state index in [0.717, 1.165) is 61.0 Å². The summed E-state index contributed by atoms with van der Waals surface area (Å²) in [6, 6.07) is 28.2. The molecule has 4 nitrogen and oxygen atoms in total. The summed E-state index contributed by atoms with van der Waals surface area (Å²) in [5.41, 5.74) is 10.4. The summed E-state index contributed by atoms with van der Waals surface area (Å²) in [5.74, 6) is 0.817. The van der Waals surface area contributed by atoms with Crippen molar-refractivity contribution in [3.8, 4) is 40.4 Å². The summed E-state index contributed by atoms with van der Waals surface area (Å²) in [4.78, 5) is 48.0. The van der Waals surface area contributed by atoms with Gasteiger partial charge in [-0.05, 0) is 148 Å². The lowest BCUT2D eigenvalue weighted by Crippen LogP contribution is -2.34. The van der Waals surface area contributed by atoms with Crippen LogP contribution in [0.4, 0.5) is 11.4 Å². The van der Waals surface area contributed by atoms with Crippen molar-refractivity contribution in [1.82, 2.24) is 0 Å². The van der Waals surface area contributed by atoms with Crippen molar-refractivity contribution < 1.29 is 9.59 Å². The van der Waals surface area contributed by atoms with Crippen molar-refractivity contribution in [2.75, 3.05) is 22.9 Å². The maximum absolute atomic E-state index is 16.4. The zero-order valence-corrected chi connectivity index (χ0v) is 66.6. The molecule has 2 aromatic carbocycles. The lowest BCUT2D eigenvalue weighted by Gasteiger charge is -2.25. The van der Waals surface area contributed by atoms with Crippen molar-refractivity contribution in [2.45, 2.75) is 351 Å². The lowest BCUT2D eigenvalue weighted by molar-refractivity contribution is -0.114. The molecule has 98 heavy (non-hydrogen) atoms. The number of carbonyl (C=O) groups excluding carboxylic acids is 2. The fourth-order valence-electron chi connectivity index (χ4n) is 15.8. The summed E-state index contributed by atoms with van der Waals surface area (Å²) < 4.78 is 0.